The quantitative estimate of drug-likeness (QED) is 0.701. The van der Waals surface area contributed by atoms with Crippen LogP contribution in [-0.2, 0) is 4.74 Å². The summed E-state index contributed by atoms with van der Waals surface area (Å²) in [7, 11) is 1.33. The minimum absolute atomic E-state index is 0.222. The molecule has 1 aromatic heterocycles. The van der Waals surface area contributed by atoms with Gasteiger partial charge in [-0.1, -0.05) is 0 Å². The van der Waals surface area contributed by atoms with E-state index in [1.165, 1.54) is 7.11 Å². The van der Waals surface area contributed by atoms with Crippen LogP contribution >= 0.6 is 0 Å². The zero-order chi connectivity index (χ0) is 10.8. The number of carbonyl (C=O) groups excluding carboxylic acids is 1. The highest BCUT2D eigenvalue weighted by molar-refractivity contribution is 5.88. The van der Waals surface area contributed by atoms with Crippen LogP contribution in [0.15, 0.2) is 18.3 Å². The van der Waals surface area contributed by atoms with Crippen molar-refractivity contribution in [3.05, 3.63) is 24.0 Å². The van der Waals surface area contributed by atoms with E-state index in [0.29, 0.717) is 11.7 Å². The second kappa shape index (κ2) is 3.86. The molecule has 1 heterocycles. The summed E-state index contributed by atoms with van der Waals surface area (Å²) in [4.78, 5) is 15.1. The van der Waals surface area contributed by atoms with Crippen molar-refractivity contribution in [2.75, 3.05) is 12.4 Å². The van der Waals surface area contributed by atoms with Crippen molar-refractivity contribution in [2.45, 2.75) is 18.5 Å². The number of hydrogen-bond donors (Lipinski definition) is 2. The molecular weight excluding hydrogens is 194 g/mol. The van der Waals surface area contributed by atoms with Gasteiger partial charge in [0.15, 0.2) is 0 Å². The molecular formula is C10H13N3O2. The van der Waals surface area contributed by atoms with Crippen molar-refractivity contribution in [3.63, 3.8) is 0 Å². The number of aromatic nitrogens is 1. The van der Waals surface area contributed by atoms with Gasteiger partial charge in [0.2, 0.25) is 0 Å². The molecule has 0 aromatic carbocycles. The average Bonchev–Trinajstić information content (AvgIpc) is 2.93. The van der Waals surface area contributed by atoms with Crippen LogP contribution in [0.4, 0.5) is 5.69 Å². The first kappa shape index (κ1) is 9.92. The molecule has 2 unspecified atom stereocenters. The summed E-state index contributed by atoms with van der Waals surface area (Å²) in [5.41, 5.74) is 6.82. The van der Waals surface area contributed by atoms with Crippen molar-refractivity contribution in [3.8, 4) is 0 Å². The summed E-state index contributed by atoms with van der Waals surface area (Å²) in [6.07, 6.45) is 2.54. The zero-order valence-electron chi connectivity index (χ0n) is 8.43. The number of hydrogen-bond acceptors (Lipinski definition) is 5. The van der Waals surface area contributed by atoms with E-state index in [9.17, 15) is 4.79 Å². The van der Waals surface area contributed by atoms with E-state index in [0.717, 1.165) is 12.1 Å². The lowest BCUT2D eigenvalue weighted by Gasteiger charge is -2.05. The van der Waals surface area contributed by atoms with Crippen molar-refractivity contribution in [2.24, 2.45) is 5.73 Å². The summed E-state index contributed by atoms with van der Waals surface area (Å²) in [6.45, 7) is 0. The van der Waals surface area contributed by atoms with Gasteiger partial charge >= 0.3 is 5.97 Å². The van der Waals surface area contributed by atoms with Gasteiger partial charge in [0.05, 0.1) is 7.11 Å². The molecule has 0 amide bonds. The summed E-state index contributed by atoms with van der Waals surface area (Å²) in [5.74, 6) is -0.432. The van der Waals surface area contributed by atoms with Gasteiger partial charge in [0, 0.05) is 24.0 Å². The number of methoxy groups -OCH3 is 1. The van der Waals surface area contributed by atoms with Crippen LogP contribution in [0.5, 0.6) is 0 Å². The van der Waals surface area contributed by atoms with Crippen molar-refractivity contribution >= 4 is 11.7 Å². The number of nitrogens with two attached hydrogens (primary N) is 1. The largest absolute Gasteiger partial charge is 0.464 e. The molecule has 80 valence electrons. The number of carbonyl (C=O) groups is 1. The first-order valence-electron chi connectivity index (χ1n) is 4.77. The van der Waals surface area contributed by atoms with Crippen LogP contribution in [-0.4, -0.2) is 30.1 Å². The van der Waals surface area contributed by atoms with E-state index in [-0.39, 0.29) is 6.04 Å². The Balaban J connectivity index is 2.08. The highest BCUT2D eigenvalue weighted by atomic mass is 16.5. The fourth-order valence-corrected chi connectivity index (χ4v) is 1.33. The first-order chi connectivity index (χ1) is 7.20. The second-order valence-electron chi connectivity index (χ2n) is 3.57. The first-order valence-corrected chi connectivity index (χ1v) is 4.77. The van der Waals surface area contributed by atoms with Gasteiger partial charge < -0.3 is 15.8 Å². The number of esters is 1. The Labute approximate surface area is 87.6 Å². The minimum atomic E-state index is -0.432. The highest BCUT2D eigenvalue weighted by Gasteiger charge is 2.33. The topological polar surface area (TPSA) is 77.2 Å². The highest BCUT2D eigenvalue weighted by Crippen LogP contribution is 2.23. The van der Waals surface area contributed by atoms with E-state index >= 15 is 0 Å². The predicted octanol–water partition coefficient (Wildman–Crippen LogP) is 0.380. The molecule has 1 fully saturated rings. The summed E-state index contributed by atoms with van der Waals surface area (Å²) < 4.78 is 4.58. The van der Waals surface area contributed by atoms with Gasteiger partial charge in [-0.25, -0.2) is 9.78 Å². The third kappa shape index (κ3) is 2.24. The van der Waals surface area contributed by atoms with Crippen LogP contribution in [0.3, 0.4) is 0 Å². The van der Waals surface area contributed by atoms with Crippen molar-refractivity contribution < 1.29 is 9.53 Å². The molecule has 2 atom stereocenters. The molecule has 5 nitrogen and oxygen atoms in total. The molecule has 0 aliphatic heterocycles. The Morgan fingerprint density at radius 1 is 1.73 bits per heavy atom. The van der Waals surface area contributed by atoms with Gasteiger partial charge in [-0.05, 0) is 18.6 Å². The molecule has 2 rings (SSSR count). The Bertz CT molecular complexity index is 381. The number of anilines is 1. The normalized spacial score (nSPS) is 23.3. The molecule has 0 saturated heterocycles. The lowest BCUT2D eigenvalue weighted by molar-refractivity contribution is 0.0594. The molecule has 0 bridgehead atoms. The molecule has 15 heavy (non-hydrogen) atoms. The molecule has 1 saturated carbocycles. The van der Waals surface area contributed by atoms with Crippen LogP contribution < -0.4 is 11.1 Å². The van der Waals surface area contributed by atoms with E-state index in [1.54, 1.807) is 18.3 Å². The van der Waals surface area contributed by atoms with Gasteiger partial charge in [-0.15, -0.1) is 0 Å². The Hall–Kier alpha value is -1.62. The fraction of sp³-hybridized carbons (Fsp3) is 0.400. The van der Waals surface area contributed by atoms with Crippen LogP contribution in [0.25, 0.3) is 0 Å². The fourth-order valence-electron chi connectivity index (χ4n) is 1.33. The van der Waals surface area contributed by atoms with E-state index in [2.05, 4.69) is 15.0 Å². The Kier molecular flexibility index (Phi) is 2.55. The molecule has 1 aliphatic carbocycles. The standard InChI is InChI=1S/C10H13N3O2/c1-15-10(14)9-4-6(2-3-12-9)13-8-5-7(8)11/h2-4,7-8H,5,11H2,1H3,(H,12,13). The Morgan fingerprint density at radius 2 is 2.47 bits per heavy atom. The molecule has 1 aliphatic rings. The summed E-state index contributed by atoms with van der Waals surface area (Å²) in [5, 5.41) is 3.21. The zero-order valence-corrected chi connectivity index (χ0v) is 8.43. The Morgan fingerprint density at radius 3 is 3.07 bits per heavy atom. The average molecular weight is 207 g/mol. The maximum atomic E-state index is 11.2. The number of pyridine rings is 1. The van der Waals surface area contributed by atoms with E-state index < -0.39 is 5.97 Å². The number of ether oxygens (including phenoxy) is 1. The SMILES string of the molecule is COC(=O)c1cc(NC2CC2N)ccn1. The van der Waals surface area contributed by atoms with Gasteiger partial charge in [-0.3, -0.25) is 0 Å². The van der Waals surface area contributed by atoms with Crippen molar-refractivity contribution in [1.82, 2.24) is 4.98 Å². The van der Waals surface area contributed by atoms with Gasteiger partial charge in [0.25, 0.3) is 0 Å². The smallest absolute Gasteiger partial charge is 0.356 e. The molecule has 0 spiro atoms. The molecule has 3 N–H and O–H groups in total. The molecule has 5 heteroatoms. The lowest BCUT2D eigenvalue weighted by Crippen LogP contribution is -2.14. The van der Waals surface area contributed by atoms with Gasteiger partial charge in [0.1, 0.15) is 5.69 Å². The third-order valence-electron chi connectivity index (χ3n) is 2.35. The third-order valence-corrected chi connectivity index (χ3v) is 2.35. The second-order valence-corrected chi connectivity index (χ2v) is 3.57. The monoisotopic (exact) mass is 207 g/mol. The molecule has 1 aromatic rings. The van der Waals surface area contributed by atoms with Crippen LogP contribution in [0, 0.1) is 0 Å². The predicted molar refractivity (Wildman–Crippen MR) is 55.6 cm³/mol. The maximum Gasteiger partial charge on any atom is 0.356 e. The number of rotatable bonds is 3. The number of nitrogens with zero attached hydrogens (tertiary/aromatic N) is 1. The maximum absolute atomic E-state index is 11.2. The summed E-state index contributed by atoms with van der Waals surface area (Å²) in [6, 6.07) is 4.01. The minimum Gasteiger partial charge on any atom is -0.464 e. The van der Waals surface area contributed by atoms with Gasteiger partial charge in [-0.2, -0.15) is 0 Å². The lowest BCUT2D eigenvalue weighted by atomic mass is 10.3. The molecule has 0 radical (unpaired) electrons. The van der Waals surface area contributed by atoms with Crippen LogP contribution in [0.2, 0.25) is 0 Å². The number of nitrogens with one attached hydrogen (secondary N) is 1. The van der Waals surface area contributed by atoms with Crippen LogP contribution in [0.1, 0.15) is 16.9 Å². The van der Waals surface area contributed by atoms with Crippen molar-refractivity contribution in [1.29, 1.82) is 0 Å². The van der Waals surface area contributed by atoms with E-state index in [4.69, 9.17) is 5.73 Å². The van der Waals surface area contributed by atoms with E-state index in [1.807, 2.05) is 0 Å². The summed E-state index contributed by atoms with van der Waals surface area (Å²) >= 11 is 0.